The van der Waals surface area contributed by atoms with Crippen molar-refractivity contribution in [3.63, 3.8) is 0 Å². The fourth-order valence-corrected chi connectivity index (χ4v) is 4.35. The molecule has 0 unspecified atom stereocenters. The van der Waals surface area contributed by atoms with Crippen LogP contribution in [-0.2, 0) is 11.3 Å². The Morgan fingerprint density at radius 1 is 1.16 bits per heavy atom. The number of aromatic nitrogens is 2. The molecular weight excluding hydrogens is 424 g/mol. The van der Waals surface area contributed by atoms with Crippen LogP contribution in [0.25, 0.3) is 11.0 Å². The summed E-state index contributed by atoms with van der Waals surface area (Å²) in [6.07, 6.45) is 2.80. The first-order valence-corrected chi connectivity index (χ1v) is 11.6. The molecule has 1 aromatic heterocycles. The van der Waals surface area contributed by atoms with Crippen LogP contribution in [0.1, 0.15) is 45.6 Å². The third-order valence-electron chi connectivity index (χ3n) is 5.69. The topological polar surface area (TPSA) is 59.4 Å². The third kappa shape index (κ3) is 5.18. The van der Waals surface area contributed by atoms with Crippen LogP contribution in [0, 0.1) is 0 Å². The van der Waals surface area contributed by atoms with E-state index in [9.17, 15) is 4.79 Å². The number of nitrogens with zero attached hydrogens (tertiary/aromatic N) is 3. The van der Waals surface area contributed by atoms with Crippen molar-refractivity contribution in [2.24, 2.45) is 0 Å². The Kier molecular flexibility index (Phi) is 6.60. The summed E-state index contributed by atoms with van der Waals surface area (Å²) in [6.45, 7) is 7.66. The summed E-state index contributed by atoms with van der Waals surface area (Å²) >= 11 is 6.44. The number of nitrogens with one attached hydrogen (secondary N) is 1. The van der Waals surface area contributed by atoms with Gasteiger partial charge in [-0.3, -0.25) is 0 Å². The van der Waals surface area contributed by atoms with Crippen molar-refractivity contribution in [3.05, 3.63) is 59.1 Å². The van der Waals surface area contributed by atoms with Gasteiger partial charge in [0, 0.05) is 18.1 Å². The molecule has 1 aliphatic heterocycles. The molecule has 32 heavy (non-hydrogen) atoms. The van der Waals surface area contributed by atoms with E-state index in [0.717, 1.165) is 53.4 Å². The number of carbonyl (C=O) groups excluding carboxylic acids is 1. The zero-order chi connectivity index (χ0) is 22.7. The summed E-state index contributed by atoms with van der Waals surface area (Å²) in [6, 6.07) is 16.0. The molecule has 0 radical (unpaired) electrons. The van der Waals surface area contributed by atoms with E-state index in [-0.39, 0.29) is 12.1 Å². The van der Waals surface area contributed by atoms with Crippen LogP contribution in [0.15, 0.2) is 48.5 Å². The number of anilines is 1. The van der Waals surface area contributed by atoms with Crippen LogP contribution in [0.4, 0.5) is 10.7 Å². The van der Waals surface area contributed by atoms with Gasteiger partial charge in [0.15, 0.2) is 0 Å². The number of piperidine rings is 1. The van der Waals surface area contributed by atoms with Gasteiger partial charge in [-0.25, -0.2) is 9.78 Å². The van der Waals surface area contributed by atoms with Crippen molar-refractivity contribution < 1.29 is 9.53 Å². The predicted octanol–water partition coefficient (Wildman–Crippen LogP) is 5.94. The van der Waals surface area contributed by atoms with Crippen molar-refractivity contribution in [2.75, 3.05) is 18.4 Å². The van der Waals surface area contributed by atoms with Gasteiger partial charge >= 0.3 is 6.09 Å². The number of hydrogen-bond donors (Lipinski definition) is 1. The molecule has 0 spiro atoms. The Morgan fingerprint density at radius 3 is 2.69 bits per heavy atom. The molecule has 1 aliphatic rings. The molecule has 0 saturated carbocycles. The average Bonchev–Trinajstić information content (AvgIpc) is 3.10. The second-order valence-electron chi connectivity index (χ2n) is 9.31. The highest BCUT2D eigenvalue weighted by molar-refractivity contribution is 6.31. The first kappa shape index (κ1) is 22.5. The summed E-state index contributed by atoms with van der Waals surface area (Å²) in [5, 5.41) is 4.25. The molecule has 0 bridgehead atoms. The lowest BCUT2D eigenvalue weighted by molar-refractivity contribution is 0.0114. The van der Waals surface area contributed by atoms with E-state index in [1.54, 1.807) is 0 Å². The van der Waals surface area contributed by atoms with Gasteiger partial charge in [0.2, 0.25) is 5.95 Å². The Balaban J connectivity index is 1.56. The van der Waals surface area contributed by atoms with Crippen LogP contribution in [0.2, 0.25) is 5.02 Å². The summed E-state index contributed by atoms with van der Waals surface area (Å²) in [4.78, 5) is 19.5. The number of para-hydroxylation sites is 2. The maximum absolute atomic E-state index is 12.8. The zero-order valence-corrected chi connectivity index (χ0v) is 19.7. The molecule has 2 aromatic carbocycles. The molecule has 1 N–H and O–H groups in total. The second-order valence-corrected chi connectivity index (χ2v) is 9.71. The monoisotopic (exact) mass is 454 g/mol. The second kappa shape index (κ2) is 9.41. The van der Waals surface area contributed by atoms with Gasteiger partial charge in [-0.2, -0.15) is 0 Å². The molecule has 1 atom stereocenters. The van der Waals surface area contributed by atoms with E-state index < -0.39 is 5.60 Å². The van der Waals surface area contributed by atoms with E-state index in [2.05, 4.69) is 16.0 Å². The number of hydrogen-bond acceptors (Lipinski definition) is 4. The lowest BCUT2D eigenvalue weighted by Crippen LogP contribution is -2.49. The molecule has 7 heteroatoms. The minimum atomic E-state index is -0.505. The fourth-order valence-electron chi connectivity index (χ4n) is 4.15. The van der Waals surface area contributed by atoms with E-state index >= 15 is 0 Å². The zero-order valence-electron chi connectivity index (χ0n) is 19.0. The number of carbonyl (C=O) groups is 1. The maximum Gasteiger partial charge on any atom is 0.410 e. The van der Waals surface area contributed by atoms with Gasteiger partial charge < -0.3 is 19.5 Å². The largest absolute Gasteiger partial charge is 0.444 e. The predicted molar refractivity (Wildman–Crippen MR) is 129 cm³/mol. The standard InChI is InChI=1S/C25H31ClN4O2/c1-25(2,3)32-24(31)29-15-9-8-11-19(29)16-27-23-28-21-13-6-7-14-22(21)30(23)17-18-10-4-5-12-20(18)26/h4-7,10,12-14,19H,8-9,11,15-17H2,1-3H3,(H,27,28)/t19-/m0/s1. The molecule has 170 valence electrons. The first-order chi connectivity index (χ1) is 15.3. The van der Waals surface area contributed by atoms with E-state index in [0.29, 0.717) is 13.1 Å². The minimum Gasteiger partial charge on any atom is -0.444 e. The van der Waals surface area contributed by atoms with Crippen molar-refractivity contribution in [3.8, 4) is 0 Å². The minimum absolute atomic E-state index is 0.0622. The number of imidazole rings is 1. The van der Waals surface area contributed by atoms with Gasteiger partial charge in [-0.1, -0.05) is 41.9 Å². The Hall–Kier alpha value is -2.73. The van der Waals surface area contributed by atoms with Gasteiger partial charge in [0.05, 0.1) is 23.6 Å². The van der Waals surface area contributed by atoms with E-state index in [1.807, 2.05) is 68.1 Å². The Morgan fingerprint density at radius 2 is 1.91 bits per heavy atom. The Labute approximate surface area is 194 Å². The number of ether oxygens (including phenoxy) is 1. The maximum atomic E-state index is 12.8. The van der Waals surface area contributed by atoms with Gasteiger partial charge in [-0.05, 0) is 63.8 Å². The molecule has 6 nitrogen and oxygen atoms in total. The lowest BCUT2D eigenvalue weighted by atomic mass is 10.0. The van der Waals surface area contributed by atoms with Crippen LogP contribution in [-0.4, -0.2) is 45.3 Å². The normalized spacial score (nSPS) is 16.9. The molecular formula is C25H31ClN4O2. The smallest absolute Gasteiger partial charge is 0.410 e. The van der Waals surface area contributed by atoms with Crippen LogP contribution in [0.3, 0.4) is 0 Å². The number of benzene rings is 2. The first-order valence-electron chi connectivity index (χ1n) is 11.2. The fraction of sp³-hybridized carbons (Fsp3) is 0.440. The molecule has 1 amide bonds. The van der Waals surface area contributed by atoms with Crippen molar-refractivity contribution in [1.29, 1.82) is 0 Å². The SMILES string of the molecule is CC(C)(C)OC(=O)N1CCCC[C@H]1CNc1nc2ccccc2n1Cc1ccccc1Cl. The Bertz CT molecular complexity index is 1090. The van der Waals surface area contributed by atoms with Crippen molar-refractivity contribution in [2.45, 2.75) is 58.2 Å². The van der Waals surface area contributed by atoms with Crippen LogP contribution < -0.4 is 5.32 Å². The van der Waals surface area contributed by atoms with E-state index in [1.165, 1.54) is 0 Å². The van der Waals surface area contributed by atoms with Crippen LogP contribution in [0.5, 0.6) is 0 Å². The third-order valence-corrected chi connectivity index (χ3v) is 6.06. The van der Waals surface area contributed by atoms with Gasteiger partial charge in [0.1, 0.15) is 5.60 Å². The highest BCUT2D eigenvalue weighted by Gasteiger charge is 2.30. The highest BCUT2D eigenvalue weighted by atomic mass is 35.5. The molecule has 3 aromatic rings. The van der Waals surface area contributed by atoms with Crippen molar-refractivity contribution in [1.82, 2.24) is 14.5 Å². The molecule has 1 fully saturated rings. The summed E-state index contributed by atoms with van der Waals surface area (Å²) < 4.78 is 7.80. The van der Waals surface area contributed by atoms with Gasteiger partial charge in [-0.15, -0.1) is 0 Å². The highest BCUT2D eigenvalue weighted by Crippen LogP contribution is 2.25. The summed E-state index contributed by atoms with van der Waals surface area (Å²) in [7, 11) is 0. The number of rotatable bonds is 5. The summed E-state index contributed by atoms with van der Waals surface area (Å²) in [5.41, 5.74) is 2.50. The van der Waals surface area contributed by atoms with Crippen molar-refractivity contribution >= 4 is 34.7 Å². The van der Waals surface area contributed by atoms with E-state index in [4.69, 9.17) is 21.3 Å². The number of fused-ring (bicyclic) bond motifs is 1. The molecule has 0 aliphatic carbocycles. The molecule has 1 saturated heterocycles. The average molecular weight is 455 g/mol. The quantitative estimate of drug-likeness (QED) is 0.518. The van der Waals surface area contributed by atoms with Gasteiger partial charge in [0.25, 0.3) is 0 Å². The number of amides is 1. The van der Waals surface area contributed by atoms with Crippen LogP contribution >= 0.6 is 11.6 Å². The molecule has 4 rings (SSSR count). The molecule has 2 heterocycles. The number of likely N-dealkylation sites (tertiary alicyclic amines) is 1. The summed E-state index contributed by atoms with van der Waals surface area (Å²) in [5.74, 6) is 0.779. The number of halogens is 1. The lowest BCUT2D eigenvalue weighted by Gasteiger charge is -2.36.